The van der Waals surface area contributed by atoms with Gasteiger partial charge < -0.3 is 5.11 Å². The van der Waals surface area contributed by atoms with Crippen molar-refractivity contribution in [3.05, 3.63) is 59.7 Å². The molecule has 0 fully saturated rings. The second kappa shape index (κ2) is 4.45. The van der Waals surface area contributed by atoms with Crippen molar-refractivity contribution in [1.29, 1.82) is 0 Å². The van der Waals surface area contributed by atoms with Gasteiger partial charge in [0.1, 0.15) is 17.7 Å². The van der Waals surface area contributed by atoms with Gasteiger partial charge in [0.2, 0.25) is 0 Å². The minimum absolute atomic E-state index is 0.106. The molecule has 1 aromatic heterocycles. The SMILES string of the molecule is Cc1ccc(F)c(-n2cnc3c(C(=O)O)cccc32)c1. The molecule has 0 atom stereocenters. The van der Waals surface area contributed by atoms with Crippen LogP contribution in [0.3, 0.4) is 0 Å². The van der Waals surface area contributed by atoms with Crippen molar-refractivity contribution in [2.75, 3.05) is 0 Å². The molecule has 0 aliphatic rings. The van der Waals surface area contributed by atoms with Crippen LogP contribution in [0, 0.1) is 12.7 Å². The van der Waals surface area contributed by atoms with Crippen molar-refractivity contribution in [2.24, 2.45) is 0 Å². The molecule has 0 saturated carbocycles. The zero-order valence-corrected chi connectivity index (χ0v) is 10.7. The van der Waals surface area contributed by atoms with Gasteiger partial charge in [0.15, 0.2) is 0 Å². The number of carboxylic acid groups (broad SMARTS) is 1. The highest BCUT2D eigenvalue weighted by Crippen LogP contribution is 2.23. The van der Waals surface area contributed by atoms with Crippen LogP contribution in [-0.2, 0) is 0 Å². The monoisotopic (exact) mass is 270 g/mol. The Morgan fingerprint density at radius 2 is 2.10 bits per heavy atom. The molecule has 0 unspecified atom stereocenters. The zero-order chi connectivity index (χ0) is 14.3. The fourth-order valence-electron chi connectivity index (χ4n) is 2.21. The van der Waals surface area contributed by atoms with Gasteiger partial charge in [-0.25, -0.2) is 14.2 Å². The molecule has 0 radical (unpaired) electrons. The van der Waals surface area contributed by atoms with Gasteiger partial charge in [0.05, 0.1) is 16.8 Å². The number of nitrogens with zero attached hydrogens (tertiary/aromatic N) is 2. The average Bonchev–Trinajstić information content (AvgIpc) is 2.85. The number of carboxylic acids is 1. The normalized spacial score (nSPS) is 10.9. The smallest absolute Gasteiger partial charge is 0.337 e. The van der Waals surface area contributed by atoms with E-state index < -0.39 is 5.97 Å². The van der Waals surface area contributed by atoms with E-state index in [1.807, 2.05) is 6.92 Å². The molecule has 5 heteroatoms. The van der Waals surface area contributed by atoms with Crippen LogP contribution in [0.5, 0.6) is 0 Å². The molecule has 4 nitrogen and oxygen atoms in total. The Morgan fingerprint density at radius 3 is 2.85 bits per heavy atom. The predicted molar refractivity (Wildman–Crippen MR) is 72.7 cm³/mol. The first-order valence-corrected chi connectivity index (χ1v) is 6.04. The number of hydrogen-bond acceptors (Lipinski definition) is 2. The van der Waals surface area contributed by atoms with E-state index in [0.717, 1.165) is 5.56 Å². The molecule has 1 N–H and O–H groups in total. The summed E-state index contributed by atoms with van der Waals surface area (Å²) in [5, 5.41) is 9.14. The summed E-state index contributed by atoms with van der Waals surface area (Å²) in [7, 11) is 0. The van der Waals surface area contributed by atoms with Gasteiger partial charge in [-0.15, -0.1) is 0 Å². The second-order valence-corrected chi connectivity index (χ2v) is 4.55. The Morgan fingerprint density at radius 1 is 1.30 bits per heavy atom. The number of rotatable bonds is 2. The Bertz CT molecular complexity index is 824. The molecule has 0 saturated heterocycles. The van der Waals surface area contributed by atoms with E-state index >= 15 is 0 Å². The van der Waals surface area contributed by atoms with Crippen LogP contribution in [0.4, 0.5) is 4.39 Å². The summed E-state index contributed by atoms with van der Waals surface area (Å²) >= 11 is 0. The molecule has 0 aliphatic carbocycles. The van der Waals surface area contributed by atoms with Crippen molar-refractivity contribution in [3.8, 4) is 5.69 Å². The van der Waals surface area contributed by atoms with E-state index in [9.17, 15) is 9.18 Å². The number of para-hydroxylation sites is 1. The minimum Gasteiger partial charge on any atom is -0.478 e. The fraction of sp³-hybridized carbons (Fsp3) is 0.0667. The maximum Gasteiger partial charge on any atom is 0.337 e. The van der Waals surface area contributed by atoms with Crippen LogP contribution < -0.4 is 0 Å². The van der Waals surface area contributed by atoms with E-state index in [1.165, 1.54) is 18.5 Å². The zero-order valence-electron chi connectivity index (χ0n) is 10.7. The molecule has 2 aromatic carbocycles. The summed E-state index contributed by atoms with van der Waals surface area (Å²) in [6.45, 7) is 1.87. The van der Waals surface area contributed by atoms with Gasteiger partial charge in [0.25, 0.3) is 0 Å². The van der Waals surface area contributed by atoms with E-state index in [2.05, 4.69) is 4.98 Å². The lowest BCUT2D eigenvalue weighted by atomic mass is 10.1. The first-order chi connectivity index (χ1) is 9.58. The molecule has 0 aliphatic heterocycles. The van der Waals surface area contributed by atoms with Crippen molar-refractivity contribution in [1.82, 2.24) is 9.55 Å². The third-order valence-electron chi connectivity index (χ3n) is 3.17. The Hall–Kier alpha value is -2.69. The summed E-state index contributed by atoms with van der Waals surface area (Å²) in [6.07, 6.45) is 1.44. The van der Waals surface area contributed by atoms with Crippen molar-refractivity contribution < 1.29 is 14.3 Å². The van der Waals surface area contributed by atoms with Gasteiger partial charge in [-0.2, -0.15) is 0 Å². The first kappa shape index (κ1) is 12.3. The van der Waals surface area contributed by atoms with E-state index in [-0.39, 0.29) is 11.4 Å². The Kier molecular flexibility index (Phi) is 2.75. The largest absolute Gasteiger partial charge is 0.478 e. The van der Waals surface area contributed by atoms with Crippen LogP contribution in [0.15, 0.2) is 42.7 Å². The van der Waals surface area contributed by atoms with Crippen molar-refractivity contribution >= 4 is 17.0 Å². The van der Waals surface area contributed by atoms with Crippen molar-refractivity contribution in [2.45, 2.75) is 6.92 Å². The number of carbonyl (C=O) groups is 1. The molecule has 0 amide bonds. The Balaban J connectivity index is 2.31. The van der Waals surface area contributed by atoms with Gasteiger partial charge >= 0.3 is 5.97 Å². The summed E-state index contributed by atoms with van der Waals surface area (Å²) in [5.41, 5.74) is 2.29. The summed E-state index contributed by atoms with van der Waals surface area (Å²) < 4.78 is 15.5. The third-order valence-corrected chi connectivity index (χ3v) is 3.17. The van der Waals surface area contributed by atoms with Crippen LogP contribution in [-0.4, -0.2) is 20.6 Å². The van der Waals surface area contributed by atoms with E-state index in [0.29, 0.717) is 16.7 Å². The number of aromatic carboxylic acids is 1. The van der Waals surface area contributed by atoms with Crippen LogP contribution in [0.25, 0.3) is 16.7 Å². The highest BCUT2D eigenvalue weighted by molar-refractivity contribution is 6.01. The molecule has 3 aromatic rings. The number of hydrogen-bond donors (Lipinski definition) is 1. The number of benzene rings is 2. The molecule has 0 spiro atoms. The summed E-state index contributed by atoms with van der Waals surface area (Å²) in [4.78, 5) is 15.3. The lowest BCUT2D eigenvalue weighted by Gasteiger charge is -2.07. The highest BCUT2D eigenvalue weighted by atomic mass is 19.1. The quantitative estimate of drug-likeness (QED) is 0.778. The van der Waals surface area contributed by atoms with Gasteiger partial charge in [-0.05, 0) is 36.8 Å². The highest BCUT2D eigenvalue weighted by Gasteiger charge is 2.14. The molecular formula is C15H11FN2O2. The van der Waals surface area contributed by atoms with Gasteiger partial charge in [-0.1, -0.05) is 12.1 Å². The van der Waals surface area contributed by atoms with Crippen LogP contribution >= 0.6 is 0 Å². The minimum atomic E-state index is -1.05. The van der Waals surface area contributed by atoms with Gasteiger partial charge in [-0.3, -0.25) is 4.57 Å². The fourth-order valence-corrected chi connectivity index (χ4v) is 2.21. The average molecular weight is 270 g/mol. The van der Waals surface area contributed by atoms with Crippen LogP contribution in [0.2, 0.25) is 0 Å². The summed E-state index contributed by atoms with van der Waals surface area (Å²) in [5.74, 6) is -1.43. The molecule has 1 heterocycles. The standard InChI is InChI=1S/C15H11FN2O2/c1-9-5-6-11(16)13(7-9)18-8-17-14-10(15(19)20)3-2-4-12(14)18/h2-8H,1H3,(H,19,20). The number of imidazole rings is 1. The van der Waals surface area contributed by atoms with E-state index in [1.54, 1.807) is 28.8 Å². The lowest BCUT2D eigenvalue weighted by Crippen LogP contribution is -1.99. The van der Waals surface area contributed by atoms with Gasteiger partial charge in [0, 0.05) is 0 Å². The molecule has 20 heavy (non-hydrogen) atoms. The molecule has 0 bridgehead atoms. The predicted octanol–water partition coefficient (Wildman–Crippen LogP) is 3.17. The first-order valence-electron chi connectivity index (χ1n) is 6.04. The topological polar surface area (TPSA) is 55.1 Å². The number of halogens is 1. The second-order valence-electron chi connectivity index (χ2n) is 4.55. The lowest BCUT2D eigenvalue weighted by molar-refractivity contribution is 0.0699. The molecular weight excluding hydrogens is 259 g/mol. The number of aromatic nitrogens is 2. The third kappa shape index (κ3) is 1.84. The molecule has 3 rings (SSSR count). The van der Waals surface area contributed by atoms with Crippen LogP contribution in [0.1, 0.15) is 15.9 Å². The molecule has 100 valence electrons. The number of fused-ring (bicyclic) bond motifs is 1. The summed E-state index contributed by atoms with van der Waals surface area (Å²) in [6, 6.07) is 9.59. The maximum atomic E-state index is 14.0. The van der Waals surface area contributed by atoms with Crippen molar-refractivity contribution in [3.63, 3.8) is 0 Å². The maximum absolute atomic E-state index is 14.0. The Labute approximate surface area is 114 Å². The number of aryl methyl sites for hydroxylation is 1. The van der Waals surface area contributed by atoms with E-state index in [4.69, 9.17) is 5.11 Å².